The molecule has 0 radical (unpaired) electrons. The Labute approximate surface area is 79.1 Å². The normalized spacial score (nSPS) is 9.69. The van der Waals surface area contributed by atoms with E-state index in [0.717, 1.165) is 11.1 Å². The predicted octanol–water partition coefficient (Wildman–Crippen LogP) is 2.87. The van der Waals surface area contributed by atoms with Crippen LogP contribution in [-0.2, 0) is 0 Å². The van der Waals surface area contributed by atoms with Crippen LogP contribution in [0.3, 0.4) is 0 Å². The van der Waals surface area contributed by atoms with Crippen LogP contribution in [-0.4, -0.2) is 0 Å². The minimum Gasteiger partial charge on any atom is -0.192 e. The minimum atomic E-state index is 0.193. The van der Waals surface area contributed by atoms with Crippen LogP contribution in [0, 0.1) is 22.7 Å². The number of allylic oxidation sites excluding steroid dienone is 5. The molecular weight excluding hydrogens is 160 g/mol. The molecule has 0 aromatic carbocycles. The molecule has 66 valence electrons. The Morgan fingerprint density at radius 3 is 2.23 bits per heavy atom. The lowest BCUT2D eigenvalue weighted by molar-refractivity contribution is 1.09. The molecule has 0 aromatic rings. The molecule has 0 heterocycles. The van der Waals surface area contributed by atoms with E-state index in [-0.39, 0.29) is 5.57 Å². The molecule has 13 heavy (non-hydrogen) atoms. The van der Waals surface area contributed by atoms with Crippen molar-refractivity contribution in [3.63, 3.8) is 0 Å². The lowest BCUT2D eigenvalue weighted by Crippen LogP contribution is -1.89. The van der Waals surface area contributed by atoms with Crippen molar-refractivity contribution < 1.29 is 0 Å². The second-order valence-electron chi connectivity index (χ2n) is 2.52. The Hall–Kier alpha value is -1.80. The fourth-order valence-electron chi connectivity index (χ4n) is 1.09. The Kier molecular flexibility index (Phi) is 5.00. The Morgan fingerprint density at radius 1 is 1.38 bits per heavy atom. The summed E-state index contributed by atoms with van der Waals surface area (Å²) in [5.74, 6) is 0. The maximum Gasteiger partial charge on any atom is 0.133 e. The number of nitriles is 2. The summed E-state index contributed by atoms with van der Waals surface area (Å²) in [5.41, 5.74) is 1.92. The second kappa shape index (κ2) is 5.80. The molecule has 0 bridgehead atoms. The molecule has 0 aliphatic rings. The van der Waals surface area contributed by atoms with Gasteiger partial charge >= 0.3 is 0 Å². The van der Waals surface area contributed by atoms with Crippen molar-refractivity contribution in [3.8, 4) is 12.1 Å². The zero-order valence-corrected chi connectivity index (χ0v) is 7.96. The van der Waals surface area contributed by atoms with Crippen molar-refractivity contribution in [2.75, 3.05) is 0 Å². The topological polar surface area (TPSA) is 47.6 Å². The van der Waals surface area contributed by atoms with Gasteiger partial charge in [-0.15, -0.1) is 0 Å². The number of rotatable bonds is 3. The van der Waals surface area contributed by atoms with Gasteiger partial charge in [-0.25, -0.2) is 0 Å². The highest BCUT2D eigenvalue weighted by Gasteiger charge is 2.04. The largest absolute Gasteiger partial charge is 0.192 e. The third-order valence-electron chi connectivity index (χ3n) is 1.72. The van der Waals surface area contributed by atoms with Crippen LogP contribution in [0.25, 0.3) is 0 Å². The maximum atomic E-state index is 8.66. The molecule has 0 unspecified atom stereocenters. The van der Waals surface area contributed by atoms with Gasteiger partial charge in [0.1, 0.15) is 17.7 Å². The van der Waals surface area contributed by atoms with Gasteiger partial charge in [0.25, 0.3) is 0 Å². The summed E-state index contributed by atoms with van der Waals surface area (Å²) in [6, 6.07) is 3.77. The number of hydrogen-bond donors (Lipinski definition) is 0. The predicted molar refractivity (Wildman–Crippen MR) is 52.5 cm³/mol. The van der Waals surface area contributed by atoms with E-state index in [1.807, 2.05) is 26.0 Å². The number of nitrogens with zero attached hydrogens (tertiary/aromatic N) is 2. The SMILES string of the molecule is C=C/C=C(\C)C(CC)=C(C#N)C#N. The van der Waals surface area contributed by atoms with Gasteiger partial charge in [0, 0.05) is 0 Å². The van der Waals surface area contributed by atoms with Crippen LogP contribution in [0.15, 0.2) is 35.5 Å². The average Bonchev–Trinajstić information content (AvgIpc) is 2.14. The van der Waals surface area contributed by atoms with Gasteiger partial charge in [0.2, 0.25) is 0 Å². The van der Waals surface area contributed by atoms with Crippen LogP contribution in [0.1, 0.15) is 20.3 Å². The van der Waals surface area contributed by atoms with E-state index < -0.39 is 0 Å². The molecule has 0 spiro atoms. The summed E-state index contributed by atoms with van der Waals surface area (Å²) < 4.78 is 0. The molecule has 0 atom stereocenters. The van der Waals surface area contributed by atoms with Gasteiger partial charge in [-0.05, 0) is 24.5 Å². The molecule has 2 nitrogen and oxygen atoms in total. The van der Waals surface area contributed by atoms with Gasteiger partial charge in [-0.1, -0.05) is 25.7 Å². The number of hydrogen-bond acceptors (Lipinski definition) is 2. The lowest BCUT2D eigenvalue weighted by atomic mass is 10.00. The molecule has 0 rings (SSSR count). The smallest absolute Gasteiger partial charge is 0.133 e. The fourth-order valence-corrected chi connectivity index (χ4v) is 1.09. The molecule has 0 amide bonds. The van der Waals surface area contributed by atoms with Gasteiger partial charge in [-0.3, -0.25) is 0 Å². The molecule has 0 aliphatic carbocycles. The van der Waals surface area contributed by atoms with Crippen LogP contribution < -0.4 is 0 Å². The van der Waals surface area contributed by atoms with Crippen LogP contribution >= 0.6 is 0 Å². The zero-order chi connectivity index (χ0) is 10.3. The first kappa shape index (κ1) is 11.2. The van der Waals surface area contributed by atoms with Crippen molar-refractivity contribution in [3.05, 3.63) is 35.5 Å². The molecular formula is C11H12N2. The van der Waals surface area contributed by atoms with Crippen molar-refractivity contribution in [1.29, 1.82) is 10.5 Å². The van der Waals surface area contributed by atoms with Crippen molar-refractivity contribution >= 4 is 0 Å². The minimum absolute atomic E-state index is 0.193. The summed E-state index contributed by atoms with van der Waals surface area (Å²) in [7, 11) is 0. The van der Waals surface area contributed by atoms with Gasteiger partial charge in [0.05, 0.1) is 0 Å². The monoisotopic (exact) mass is 172 g/mol. The van der Waals surface area contributed by atoms with E-state index in [1.165, 1.54) is 0 Å². The second-order valence-corrected chi connectivity index (χ2v) is 2.52. The Morgan fingerprint density at radius 2 is 1.92 bits per heavy atom. The van der Waals surface area contributed by atoms with Crippen LogP contribution in [0.2, 0.25) is 0 Å². The molecule has 2 heteroatoms. The summed E-state index contributed by atoms with van der Waals surface area (Å²) >= 11 is 0. The van der Waals surface area contributed by atoms with Gasteiger partial charge in [0.15, 0.2) is 0 Å². The zero-order valence-electron chi connectivity index (χ0n) is 7.96. The third kappa shape index (κ3) is 2.97. The van der Waals surface area contributed by atoms with Crippen LogP contribution in [0.4, 0.5) is 0 Å². The summed E-state index contributed by atoms with van der Waals surface area (Å²) in [6.07, 6.45) is 4.14. The van der Waals surface area contributed by atoms with Gasteiger partial charge < -0.3 is 0 Å². The van der Waals surface area contributed by atoms with Crippen LogP contribution in [0.5, 0.6) is 0 Å². The van der Waals surface area contributed by atoms with E-state index in [2.05, 4.69) is 6.58 Å². The van der Waals surface area contributed by atoms with Crippen molar-refractivity contribution in [2.24, 2.45) is 0 Å². The first-order chi connectivity index (χ1) is 6.21. The highest BCUT2D eigenvalue weighted by molar-refractivity contribution is 5.48. The standard InChI is InChI=1S/C11H12N2/c1-4-6-9(3)11(5-2)10(7-12)8-13/h4,6H,1,5H2,2-3H3/b9-6+. The van der Waals surface area contributed by atoms with E-state index in [4.69, 9.17) is 10.5 Å². The molecule has 0 fully saturated rings. The summed E-state index contributed by atoms with van der Waals surface area (Å²) in [6.45, 7) is 7.35. The van der Waals surface area contributed by atoms with Crippen molar-refractivity contribution in [2.45, 2.75) is 20.3 Å². The molecule has 0 N–H and O–H groups in total. The summed E-state index contributed by atoms with van der Waals surface area (Å²) in [4.78, 5) is 0. The average molecular weight is 172 g/mol. The lowest BCUT2D eigenvalue weighted by Gasteiger charge is -2.02. The van der Waals surface area contributed by atoms with Gasteiger partial charge in [-0.2, -0.15) is 10.5 Å². The first-order valence-electron chi connectivity index (χ1n) is 4.04. The summed E-state index contributed by atoms with van der Waals surface area (Å²) in [5, 5.41) is 17.3. The molecule has 0 aliphatic heterocycles. The first-order valence-corrected chi connectivity index (χ1v) is 4.04. The van der Waals surface area contributed by atoms with Crippen molar-refractivity contribution in [1.82, 2.24) is 0 Å². The highest BCUT2D eigenvalue weighted by Crippen LogP contribution is 2.17. The maximum absolute atomic E-state index is 8.66. The van der Waals surface area contributed by atoms with E-state index >= 15 is 0 Å². The highest BCUT2D eigenvalue weighted by atomic mass is 14.3. The Bertz CT molecular complexity index is 316. The molecule has 0 aromatic heterocycles. The third-order valence-corrected chi connectivity index (χ3v) is 1.72. The van der Waals surface area contributed by atoms with E-state index in [0.29, 0.717) is 6.42 Å². The molecule has 0 saturated carbocycles. The van der Waals surface area contributed by atoms with E-state index in [9.17, 15) is 0 Å². The fraction of sp³-hybridized carbons (Fsp3) is 0.273. The quantitative estimate of drug-likeness (QED) is 0.485. The Balaban J connectivity index is 5.26. The molecule has 0 saturated heterocycles. The van der Waals surface area contributed by atoms with E-state index in [1.54, 1.807) is 12.2 Å².